The van der Waals surface area contributed by atoms with Gasteiger partial charge in [-0.1, -0.05) is 6.08 Å². The van der Waals surface area contributed by atoms with E-state index in [2.05, 4.69) is 0 Å². The van der Waals surface area contributed by atoms with Gasteiger partial charge < -0.3 is 9.15 Å². The highest BCUT2D eigenvalue weighted by Crippen LogP contribution is 2.30. The predicted molar refractivity (Wildman–Crippen MR) is 55.7 cm³/mol. The van der Waals surface area contributed by atoms with Crippen LogP contribution in [0.3, 0.4) is 0 Å². The van der Waals surface area contributed by atoms with Crippen molar-refractivity contribution in [3.63, 3.8) is 0 Å². The molecule has 74 valence electrons. The molecule has 0 spiro atoms. The Hall–Kier alpha value is -2.03. The maximum Gasteiger partial charge on any atom is 0.172 e. The number of ether oxygens (including phenoxy) is 1. The van der Waals surface area contributed by atoms with Crippen molar-refractivity contribution in [2.45, 2.75) is 6.10 Å². The summed E-state index contributed by atoms with van der Waals surface area (Å²) in [6.07, 6.45) is 5.55. The van der Waals surface area contributed by atoms with E-state index >= 15 is 0 Å². The first-order chi connectivity index (χ1) is 7.36. The first-order valence-electron chi connectivity index (χ1n) is 4.68. The van der Waals surface area contributed by atoms with E-state index in [9.17, 15) is 4.79 Å². The van der Waals surface area contributed by atoms with Gasteiger partial charge in [-0.25, -0.2) is 0 Å². The van der Waals surface area contributed by atoms with Gasteiger partial charge in [0.25, 0.3) is 0 Å². The standard InChI is InChI=1S/C12H8O3/c13-7-10-2-1-8-5-9-3-4-14-11(9)6-12(8)15-10/h1-7,10H. The van der Waals surface area contributed by atoms with Gasteiger partial charge in [0, 0.05) is 17.0 Å². The van der Waals surface area contributed by atoms with E-state index in [0.29, 0.717) is 5.75 Å². The molecule has 0 N–H and O–H groups in total. The fourth-order valence-electron chi connectivity index (χ4n) is 1.70. The van der Waals surface area contributed by atoms with Crippen LogP contribution in [0.2, 0.25) is 0 Å². The molecule has 1 aliphatic heterocycles. The lowest BCUT2D eigenvalue weighted by atomic mass is 10.1. The molecule has 1 atom stereocenters. The Balaban J connectivity index is 2.18. The summed E-state index contributed by atoms with van der Waals surface area (Å²) in [7, 11) is 0. The van der Waals surface area contributed by atoms with Crippen LogP contribution in [0.25, 0.3) is 17.0 Å². The van der Waals surface area contributed by atoms with E-state index in [0.717, 1.165) is 22.8 Å². The second-order valence-electron chi connectivity index (χ2n) is 3.43. The van der Waals surface area contributed by atoms with Crippen LogP contribution in [0.1, 0.15) is 5.56 Å². The lowest BCUT2D eigenvalue weighted by molar-refractivity contribution is -0.112. The van der Waals surface area contributed by atoms with Crippen molar-refractivity contribution in [2.24, 2.45) is 0 Å². The van der Waals surface area contributed by atoms with Crippen LogP contribution >= 0.6 is 0 Å². The zero-order chi connectivity index (χ0) is 10.3. The van der Waals surface area contributed by atoms with Crippen LogP contribution in [-0.4, -0.2) is 12.4 Å². The number of rotatable bonds is 1. The Kier molecular flexibility index (Phi) is 1.65. The number of carbonyl (C=O) groups is 1. The molecule has 0 saturated carbocycles. The predicted octanol–water partition coefficient (Wildman–Crippen LogP) is 2.41. The van der Waals surface area contributed by atoms with Gasteiger partial charge in [-0.05, 0) is 18.2 Å². The molecular weight excluding hydrogens is 192 g/mol. The molecule has 3 nitrogen and oxygen atoms in total. The first kappa shape index (κ1) is 8.29. The molecule has 1 aromatic carbocycles. The van der Waals surface area contributed by atoms with Gasteiger partial charge >= 0.3 is 0 Å². The largest absolute Gasteiger partial charge is 0.478 e. The van der Waals surface area contributed by atoms with Gasteiger partial charge in [-0.2, -0.15) is 0 Å². The quantitative estimate of drug-likeness (QED) is 0.663. The molecule has 0 saturated heterocycles. The Bertz CT molecular complexity index is 551. The van der Waals surface area contributed by atoms with Crippen molar-refractivity contribution >= 4 is 23.3 Å². The normalized spacial score (nSPS) is 18.5. The van der Waals surface area contributed by atoms with E-state index < -0.39 is 6.10 Å². The summed E-state index contributed by atoms with van der Waals surface area (Å²) >= 11 is 0. The fraction of sp³-hybridized carbons (Fsp3) is 0.0833. The monoisotopic (exact) mass is 200 g/mol. The second kappa shape index (κ2) is 2.98. The van der Waals surface area contributed by atoms with Crippen LogP contribution in [0.5, 0.6) is 5.75 Å². The minimum Gasteiger partial charge on any atom is -0.478 e. The topological polar surface area (TPSA) is 39.4 Å². The van der Waals surface area contributed by atoms with Crippen molar-refractivity contribution in [2.75, 3.05) is 0 Å². The fourth-order valence-corrected chi connectivity index (χ4v) is 1.70. The average molecular weight is 200 g/mol. The highest BCUT2D eigenvalue weighted by atomic mass is 16.5. The van der Waals surface area contributed by atoms with E-state index in [1.54, 1.807) is 12.3 Å². The number of hydrogen-bond donors (Lipinski definition) is 0. The summed E-state index contributed by atoms with van der Waals surface area (Å²) in [6.45, 7) is 0. The summed E-state index contributed by atoms with van der Waals surface area (Å²) in [6, 6.07) is 5.69. The molecule has 2 heterocycles. The third kappa shape index (κ3) is 1.24. The maximum absolute atomic E-state index is 10.6. The number of carbonyl (C=O) groups excluding carboxylic acids is 1. The van der Waals surface area contributed by atoms with Crippen LogP contribution < -0.4 is 4.74 Å². The van der Waals surface area contributed by atoms with Gasteiger partial charge in [0.1, 0.15) is 11.3 Å². The number of furan rings is 1. The van der Waals surface area contributed by atoms with Gasteiger partial charge in [-0.15, -0.1) is 0 Å². The molecule has 1 aliphatic rings. The van der Waals surface area contributed by atoms with Crippen LogP contribution in [-0.2, 0) is 4.79 Å². The minimum atomic E-state index is -0.482. The summed E-state index contributed by atoms with van der Waals surface area (Å²) in [5.41, 5.74) is 1.75. The maximum atomic E-state index is 10.6. The molecule has 3 heteroatoms. The SMILES string of the molecule is O=CC1C=Cc2cc3ccoc3cc2O1. The second-order valence-corrected chi connectivity index (χ2v) is 3.43. The molecular formula is C12H8O3. The molecule has 15 heavy (non-hydrogen) atoms. The summed E-state index contributed by atoms with van der Waals surface area (Å²) in [5, 5.41) is 1.03. The highest BCUT2D eigenvalue weighted by Gasteiger charge is 2.15. The summed E-state index contributed by atoms with van der Waals surface area (Å²) < 4.78 is 10.7. The number of benzene rings is 1. The smallest absolute Gasteiger partial charge is 0.172 e. The van der Waals surface area contributed by atoms with Gasteiger partial charge in [0.2, 0.25) is 0 Å². The number of aldehydes is 1. The number of hydrogen-bond acceptors (Lipinski definition) is 3. The molecule has 0 aliphatic carbocycles. The van der Waals surface area contributed by atoms with E-state index in [-0.39, 0.29) is 0 Å². The molecule has 1 aromatic heterocycles. The molecule has 0 radical (unpaired) electrons. The van der Waals surface area contributed by atoms with E-state index in [1.807, 2.05) is 24.3 Å². The molecule has 0 bridgehead atoms. The van der Waals surface area contributed by atoms with Crippen molar-refractivity contribution < 1.29 is 13.9 Å². The zero-order valence-electron chi connectivity index (χ0n) is 7.84. The van der Waals surface area contributed by atoms with Crippen LogP contribution in [0.15, 0.2) is 35.0 Å². The molecule has 3 rings (SSSR count). The Labute approximate surface area is 85.9 Å². The van der Waals surface area contributed by atoms with Crippen molar-refractivity contribution in [1.29, 1.82) is 0 Å². The van der Waals surface area contributed by atoms with Gasteiger partial charge in [-0.3, -0.25) is 4.79 Å². The van der Waals surface area contributed by atoms with Crippen LogP contribution in [0, 0.1) is 0 Å². The highest BCUT2D eigenvalue weighted by molar-refractivity contribution is 5.84. The Morgan fingerprint density at radius 3 is 3.13 bits per heavy atom. The van der Waals surface area contributed by atoms with Crippen molar-refractivity contribution in [3.8, 4) is 5.75 Å². The minimum absolute atomic E-state index is 0.482. The third-order valence-electron chi connectivity index (χ3n) is 2.45. The first-order valence-corrected chi connectivity index (χ1v) is 4.68. The van der Waals surface area contributed by atoms with Gasteiger partial charge in [0.05, 0.1) is 6.26 Å². The number of fused-ring (bicyclic) bond motifs is 2. The average Bonchev–Trinajstić information content (AvgIpc) is 2.72. The summed E-state index contributed by atoms with van der Waals surface area (Å²) in [4.78, 5) is 10.6. The van der Waals surface area contributed by atoms with Crippen LogP contribution in [0.4, 0.5) is 0 Å². The molecule has 0 fully saturated rings. The summed E-state index contributed by atoms with van der Waals surface area (Å²) in [5.74, 6) is 0.692. The third-order valence-corrected chi connectivity index (χ3v) is 2.45. The zero-order valence-corrected chi connectivity index (χ0v) is 7.84. The van der Waals surface area contributed by atoms with Crippen molar-refractivity contribution in [3.05, 3.63) is 36.1 Å². The van der Waals surface area contributed by atoms with E-state index in [4.69, 9.17) is 9.15 Å². The Morgan fingerprint density at radius 2 is 2.27 bits per heavy atom. The Morgan fingerprint density at radius 1 is 1.33 bits per heavy atom. The molecule has 0 amide bonds. The van der Waals surface area contributed by atoms with E-state index in [1.165, 1.54) is 0 Å². The molecule has 1 unspecified atom stereocenters. The van der Waals surface area contributed by atoms with Gasteiger partial charge in [0.15, 0.2) is 12.4 Å². The lowest BCUT2D eigenvalue weighted by Crippen LogP contribution is -2.17. The molecule has 2 aromatic rings. The van der Waals surface area contributed by atoms with Crippen molar-refractivity contribution in [1.82, 2.24) is 0 Å². The lowest BCUT2D eigenvalue weighted by Gasteiger charge is -2.16.